The lowest BCUT2D eigenvalue weighted by atomic mass is 9.95. The van der Waals surface area contributed by atoms with Crippen molar-refractivity contribution in [3.05, 3.63) is 43.0 Å². The molecule has 0 aliphatic heterocycles. The van der Waals surface area contributed by atoms with E-state index < -0.39 is 5.97 Å². The Balaban J connectivity index is 2.19. The summed E-state index contributed by atoms with van der Waals surface area (Å²) >= 11 is 8.35. The highest BCUT2D eigenvalue weighted by atomic mass is 79.9. The summed E-state index contributed by atoms with van der Waals surface area (Å²) in [5.41, 5.74) is 3.39. The van der Waals surface area contributed by atoms with Gasteiger partial charge in [0.25, 0.3) is 0 Å². The predicted molar refractivity (Wildman–Crippen MR) is 109 cm³/mol. The van der Waals surface area contributed by atoms with Crippen molar-refractivity contribution in [1.29, 1.82) is 0 Å². The first-order chi connectivity index (χ1) is 11.6. The Labute approximate surface area is 164 Å². The maximum Gasteiger partial charge on any atom is 0.338 e. The second-order valence-electron chi connectivity index (χ2n) is 5.88. The van der Waals surface area contributed by atoms with Crippen LogP contribution in [0, 0.1) is 0 Å². The van der Waals surface area contributed by atoms with Gasteiger partial charge in [-0.1, -0.05) is 63.3 Å². The van der Waals surface area contributed by atoms with Crippen molar-refractivity contribution in [3.63, 3.8) is 0 Å². The Bertz CT molecular complexity index is 695. The molecule has 2 aromatic rings. The summed E-state index contributed by atoms with van der Waals surface area (Å²) in [4.78, 5) is 11.7. The van der Waals surface area contributed by atoms with Gasteiger partial charge in [0, 0.05) is 5.56 Å². The number of benzene rings is 1. The quantitative estimate of drug-likeness (QED) is 0.382. The van der Waals surface area contributed by atoms with Crippen molar-refractivity contribution in [2.24, 2.45) is 0 Å². The monoisotopic (exact) mass is 472 g/mol. The van der Waals surface area contributed by atoms with E-state index in [0.717, 1.165) is 27.8 Å². The smallest absolute Gasteiger partial charge is 0.338 e. The molecule has 1 aromatic carbocycles. The Hall–Kier alpha value is -0.650. The molecule has 0 saturated carbocycles. The van der Waals surface area contributed by atoms with Crippen LogP contribution in [0.5, 0.6) is 0 Å². The second-order valence-corrected chi connectivity index (χ2v) is 9.54. The molecule has 0 spiro atoms. The molecule has 24 heavy (non-hydrogen) atoms. The van der Waals surface area contributed by atoms with Gasteiger partial charge in [-0.05, 0) is 55.8 Å². The molecule has 130 valence electrons. The van der Waals surface area contributed by atoms with Crippen molar-refractivity contribution in [3.8, 4) is 11.1 Å². The highest BCUT2D eigenvalue weighted by molar-refractivity contribution is 9.12. The number of carbonyl (C=O) groups is 1. The Morgan fingerprint density at radius 2 is 1.71 bits per heavy atom. The molecule has 0 radical (unpaired) electrons. The van der Waals surface area contributed by atoms with Crippen molar-refractivity contribution >= 4 is 49.2 Å². The zero-order valence-electron chi connectivity index (χ0n) is 13.8. The minimum Gasteiger partial charge on any atom is -0.478 e. The van der Waals surface area contributed by atoms with E-state index in [-0.39, 0.29) is 0 Å². The Morgan fingerprint density at radius 1 is 1.04 bits per heavy atom. The number of aromatic carboxylic acids is 1. The van der Waals surface area contributed by atoms with Gasteiger partial charge in [-0.15, -0.1) is 11.3 Å². The van der Waals surface area contributed by atoms with Crippen LogP contribution < -0.4 is 0 Å². The molecule has 0 amide bonds. The van der Waals surface area contributed by atoms with Crippen LogP contribution in [-0.2, 0) is 6.42 Å². The van der Waals surface area contributed by atoms with Crippen LogP contribution in [0.4, 0.5) is 0 Å². The molecule has 2 nitrogen and oxygen atoms in total. The lowest BCUT2D eigenvalue weighted by Gasteiger charge is -2.10. The molecule has 1 heterocycles. The van der Waals surface area contributed by atoms with Crippen molar-refractivity contribution < 1.29 is 9.90 Å². The number of halogens is 2. The first-order valence-corrected chi connectivity index (χ1v) is 10.8. The number of hydrogen-bond acceptors (Lipinski definition) is 2. The number of carboxylic acids is 1. The Morgan fingerprint density at radius 3 is 2.42 bits per heavy atom. The highest BCUT2D eigenvalue weighted by Crippen LogP contribution is 2.44. The number of thiophene rings is 1. The summed E-state index contributed by atoms with van der Waals surface area (Å²) in [7, 11) is 0. The van der Waals surface area contributed by atoms with Gasteiger partial charge in [-0.2, -0.15) is 0 Å². The second kappa shape index (κ2) is 9.73. The highest BCUT2D eigenvalue weighted by Gasteiger charge is 2.23. The van der Waals surface area contributed by atoms with Crippen LogP contribution in [0.1, 0.15) is 61.4 Å². The van der Waals surface area contributed by atoms with E-state index in [4.69, 9.17) is 0 Å². The molecule has 0 aliphatic carbocycles. The van der Waals surface area contributed by atoms with E-state index in [9.17, 15) is 9.90 Å². The van der Waals surface area contributed by atoms with E-state index in [1.807, 2.05) is 18.2 Å². The van der Waals surface area contributed by atoms with Gasteiger partial charge in [0.05, 0.1) is 13.1 Å². The summed E-state index contributed by atoms with van der Waals surface area (Å²) in [5.74, 6) is -0.895. The molecule has 0 unspecified atom stereocenters. The number of carboxylic acid groups (broad SMARTS) is 1. The standard InChI is InChI=1S/C19H22Br2O2S/c1-2-3-4-5-6-7-10-13-11-8-9-12-14(13)15-16(19(22)23)18(21)24-17(15)20/h8-9,11-12H,2-7,10H2,1H3,(H,22,23). The van der Waals surface area contributed by atoms with E-state index in [1.54, 1.807) is 0 Å². The lowest BCUT2D eigenvalue weighted by molar-refractivity contribution is 0.0697. The normalized spacial score (nSPS) is 11.0. The summed E-state index contributed by atoms with van der Waals surface area (Å²) < 4.78 is 1.52. The van der Waals surface area contributed by atoms with Crippen LogP contribution in [0.3, 0.4) is 0 Å². The Kier molecular flexibility index (Phi) is 7.98. The van der Waals surface area contributed by atoms with Gasteiger partial charge in [-0.25, -0.2) is 4.79 Å². The van der Waals surface area contributed by atoms with Crippen molar-refractivity contribution in [2.45, 2.75) is 51.9 Å². The first-order valence-electron chi connectivity index (χ1n) is 8.35. The zero-order valence-corrected chi connectivity index (χ0v) is 17.8. The third-order valence-corrected chi connectivity index (χ3v) is 6.65. The number of rotatable bonds is 9. The molecular formula is C19H22Br2O2S. The van der Waals surface area contributed by atoms with Crippen LogP contribution in [0.2, 0.25) is 0 Å². The van der Waals surface area contributed by atoms with Gasteiger partial charge < -0.3 is 5.11 Å². The largest absolute Gasteiger partial charge is 0.478 e. The predicted octanol–water partition coefficient (Wildman–Crippen LogP) is 7.54. The fourth-order valence-electron chi connectivity index (χ4n) is 2.89. The van der Waals surface area contributed by atoms with Gasteiger partial charge in [0.2, 0.25) is 0 Å². The van der Waals surface area contributed by atoms with Crippen LogP contribution in [0.15, 0.2) is 31.8 Å². The average Bonchev–Trinajstić information content (AvgIpc) is 2.85. The summed E-state index contributed by atoms with van der Waals surface area (Å²) in [6.45, 7) is 2.23. The molecule has 1 N–H and O–H groups in total. The van der Waals surface area contributed by atoms with Gasteiger partial charge in [0.15, 0.2) is 0 Å². The maximum atomic E-state index is 11.7. The van der Waals surface area contributed by atoms with Gasteiger partial charge in [-0.3, -0.25) is 0 Å². The number of unbranched alkanes of at least 4 members (excludes halogenated alkanes) is 5. The molecule has 0 bridgehead atoms. The van der Waals surface area contributed by atoms with Crippen LogP contribution >= 0.6 is 43.2 Å². The van der Waals surface area contributed by atoms with Crippen molar-refractivity contribution in [1.82, 2.24) is 0 Å². The van der Waals surface area contributed by atoms with Gasteiger partial charge >= 0.3 is 5.97 Å². The zero-order chi connectivity index (χ0) is 17.5. The third-order valence-electron chi connectivity index (χ3n) is 4.12. The molecule has 0 atom stereocenters. The first kappa shape index (κ1) is 19.7. The topological polar surface area (TPSA) is 37.3 Å². The fraction of sp³-hybridized carbons (Fsp3) is 0.421. The van der Waals surface area contributed by atoms with Crippen LogP contribution in [0.25, 0.3) is 11.1 Å². The molecule has 0 saturated heterocycles. The third kappa shape index (κ3) is 4.93. The number of aryl methyl sites for hydroxylation is 1. The SMILES string of the molecule is CCCCCCCCc1ccccc1-c1c(Br)sc(Br)c1C(=O)O. The summed E-state index contributed by atoms with van der Waals surface area (Å²) in [6.07, 6.45) is 8.53. The summed E-state index contributed by atoms with van der Waals surface area (Å²) in [6, 6.07) is 8.15. The van der Waals surface area contributed by atoms with E-state index >= 15 is 0 Å². The fourth-order valence-corrected chi connectivity index (χ4v) is 6.05. The average molecular weight is 474 g/mol. The van der Waals surface area contributed by atoms with E-state index in [0.29, 0.717) is 9.35 Å². The maximum absolute atomic E-state index is 11.7. The minimum atomic E-state index is -0.895. The van der Waals surface area contributed by atoms with E-state index in [2.05, 4.69) is 44.8 Å². The molecule has 1 aromatic heterocycles. The molecule has 0 fully saturated rings. The van der Waals surface area contributed by atoms with Crippen molar-refractivity contribution in [2.75, 3.05) is 0 Å². The molecule has 2 rings (SSSR count). The summed E-state index contributed by atoms with van der Waals surface area (Å²) in [5, 5.41) is 9.56. The van der Waals surface area contributed by atoms with Gasteiger partial charge in [0.1, 0.15) is 0 Å². The van der Waals surface area contributed by atoms with E-state index in [1.165, 1.54) is 49.0 Å². The van der Waals surface area contributed by atoms with Crippen LogP contribution in [-0.4, -0.2) is 11.1 Å². The molecular weight excluding hydrogens is 452 g/mol. The molecule has 0 aliphatic rings. The lowest BCUT2D eigenvalue weighted by Crippen LogP contribution is -1.99. The number of hydrogen-bond donors (Lipinski definition) is 1. The molecule has 5 heteroatoms. The minimum absolute atomic E-state index is 0.349.